The van der Waals surface area contributed by atoms with Crippen molar-refractivity contribution < 1.29 is 19.1 Å². The van der Waals surface area contributed by atoms with Gasteiger partial charge in [-0.05, 0) is 81.1 Å². The van der Waals surface area contributed by atoms with Crippen molar-refractivity contribution >= 4 is 17.5 Å². The van der Waals surface area contributed by atoms with E-state index in [0.717, 1.165) is 38.5 Å². The average molecular weight is 373 g/mol. The molecular formula is C23H32O4. The number of rotatable bonds is 2. The lowest BCUT2D eigenvalue weighted by Gasteiger charge is -2.59. The van der Waals surface area contributed by atoms with Gasteiger partial charge in [-0.1, -0.05) is 19.4 Å². The minimum Gasteiger partial charge on any atom is -0.451 e. The van der Waals surface area contributed by atoms with Gasteiger partial charge in [-0.3, -0.25) is 14.4 Å². The van der Waals surface area contributed by atoms with Gasteiger partial charge in [-0.25, -0.2) is 0 Å². The average Bonchev–Trinajstić information content (AvgIpc) is 2.89. The summed E-state index contributed by atoms with van der Waals surface area (Å²) >= 11 is 0. The summed E-state index contributed by atoms with van der Waals surface area (Å²) in [6, 6.07) is 0. The van der Waals surface area contributed by atoms with E-state index < -0.39 is 5.60 Å². The van der Waals surface area contributed by atoms with Crippen molar-refractivity contribution in [3.63, 3.8) is 0 Å². The van der Waals surface area contributed by atoms with E-state index >= 15 is 0 Å². The third-order valence-corrected chi connectivity index (χ3v) is 8.97. The Bertz CT molecular complexity index is 737. The summed E-state index contributed by atoms with van der Waals surface area (Å²) in [5.74, 6) is 1.48. The minimum absolute atomic E-state index is 0.00650. The highest BCUT2D eigenvalue weighted by atomic mass is 16.6. The highest BCUT2D eigenvalue weighted by molar-refractivity contribution is 5.91. The normalized spacial score (nSPS) is 46.0. The molecule has 4 nitrogen and oxygen atoms in total. The molecule has 4 rings (SSSR count). The maximum absolute atomic E-state index is 12.7. The molecule has 0 amide bonds. The van der Waals surface area contributed by atoms with Crippen molar-refractivity contribution in [1.82, 2.24) is 0 Å². The molecule has 4 aliphatic carbocycles. The van der Waals surface area contributed by atoms with Gasteiger partial charge in [0.05, 0.1) is 0 Å². The molecular weight excluding hydrogens is 340 g/mol. The molecule has 0 bridgehead atoms. The third kappa shape index (κ3) is 2.44. The van der Waals surface area contributed by atoms with E-state index in [1.54, 1.807) is 6.92 Å². The van der Waals surface area contributed by atoms with Crippen molar-refractivity contribution in [1.29, 1.82) is 0 Å². The monoisotopic (exact) mass is 372 g/mol. The van der Waals surface area contributed by atoms with Crippen LogP contribution in [0.2, 0.25) is 0 Å². The molecule has 4 aliphatic rings. The second-order valence-corrected chi connectivity index (χ2v) is 9.94. The van der Waals surface area contributed by atoms with Crippen LogP contribution in [0.3, 0.4) is 0 Å². The largest absolute Gasteiger partial charge is 0.451 e. The first-order valence-electron chi connectivity index (χ1n) is 10.6. The number of carbonyl (C=O) groups is 3. The minimum atomic E-state index is -0.950. The predicted molar refractivity (Wildman–Crippen MR) is 102 cm³/mol. The Morgan fingerprint density at radius 1 is 1.00 bits per heavy atom. The van der Waals surface area contributed by atoms with E-state index in [0.29, 0.717) is 30.6 Å². The lowest BCUT2D eigenvalue weighted by molar-refractivity contribution is -0.187. The third-order valence-electron chi connectivity index (χ3n) is 8.97. The summed E-state index contributed by atoms with van der Waals surface area (Å²) in [6.07, 6.45) is 9.23. The van der Waals surface area contributed by atoms with E-state index in [9.17, 15) is 14.4 Å². The Labute approximate surface area is 162 Å². The van der Waals surface area contributed by atoms with Crippen LogP contribution >= 0.6 is 0 Å². The van der Waals surface area contributed by atoms with Crippen LogP contribution in [0.5, 0.6) is 0 Å². The summed E-state index contributed by atoms with van der Waals surface area (Å²) in [6.45, 7) is 7.58. The van der Waals surface area contributed by atoms with Gasteiger partial charge in [-0.15, -0.1) is 0 Å². The standard InChI is InChI=1S/C23H32O4/c1-14(24)23(27-15(2)25)12-9-20-18-6-5-16-13-17(26)7-10-21(16,3)19(18)8-11-22(20,23)4/h13,18-20H,5-12H2,1-4H3/t18-,19-,20-,21-,22+,23-/m1/s1. The van der Waals surface area contributed by atoms with Crippen LogP contribution < -0.4 is 0 Å². The van der Waals surface area contributed by atoms with E-state index in [1.807, 2.05) is 6.08 Å². The summed E-state index contributed by atoms with van der Waals surface area (Å²) in [4.78, 5) is 36.5. The van der Waals surface area contributed by atoms with E-state index in [-0.39, 0.29) is 28.4 Å². The highest BCUT2D eigenvalue weighted by Crippen LogP contribution is 2.68. The molecule has 0 saturated heterocycles. The number of carbonyl (C=O) groups excluding carboxylic acids is 3. The van der Waals surface area contributed by atoms with Gasteiger partial charge >= 0.3 is 5.97 Å². The van der Waals surface area contributed by atoms with Gasteiger partial charge < -0.3 is 4.74 Å². The summed E-state index contributed by atoms with van der Waals surface area (Å²) in [5, 5.41) is 0. The Morgan fingerprint density at radius 2 is 1.70 bits per heavy atom. The summed E-state index contributed by atoms with van der Waals surface area (Å²) in [5.41, 5.74) is 0.266. The number of hydrogen-bond acceptors (Lipinski definition) is 4. The first-order valence-corrected chi connectivity index (χ1v) is 10.6. The van der Waals surface area contributed by atoms with Crippen LogP contribution in [0, 0.1) is 28.6 Å². The van der Waals surface area contributed by atoms with Gasteiger partial charge in [0.2, 0.25) is 0 Å². The second kappa shape index (κ2) is 6.02. The maximum atomic E-state index is 12.7. The zero-order chi connectivity index (χ0) is 19.6. The number of allylic oxidation sites excluding steroid dienone is 1. The summed E-state index contributed by atoms with van der Waals surface area (Å²) < 4.78 is 5.81. The van der Waals surface area contributed by atoms with Crippen LogP contribution in [0.1, 0.15) is 79.1 Å². The van der Waals surface area contributed by atoms with Crippen LogP contribution in [0.4, 0.5) is 0 Å². The van der Waals surface area contributed by atoms with Crippen molar-refractivity contribution in [3.05, 3.63) is 11.6 Å². The predicted octanol–water partition coefficient (Wildman–Crippen LogP) is 4.41. The zero-order valence-electron chi connectivity index (χ0n) is 17.1. The number of ketones is 2. The van der Waals surface area contributed by atoms with E-state index in [2.05, 4.69) is 13.8 Å². The maximum Gasteiger partial charge on any atom is 0.303 e. The fraction of sp³-hybridized carbons (Fsp3) is 0.783. The smallest absolute Gasteiger partial charge is 0.303 e. The molecule has 6 atom stereocenters. The molecule has 3 saturated carbocycles. The molecule has 0 N–H and O–H groups in total. The lowest BCUT2D eigenvalue weighted by Crippen LogP contribution is -2.58. The number of ether oxygens (including phenoxy) is 1. The molecule has 0 unspecified atom stereocenters. The van der Waals surface area contributed by atoms with Gasteiger partial charge in [0, 0.05) is 18.8 Å². The van der Waals surface area contributed by atoms with Crippen LogP contribution in [0.25, 0.3) is 0 Å². The molecule has 0 aromatic carbocycles. The zero-order valence-corrected chi connectivity index (χ0v) is 17.1. The topological polar surface area (TPSA) is 60.4 Å². The van der Waals surface area contributed by atoms with Crippen molar-refractivity contribution in [3.8, 4) is 0 Å². The second-order valence-electron chi connectivity index (χ2n) is 9.94. The highest BCUT2D eigenvalue weighted by Gasteiger charge is 2.67. The molecule has 3 fully saturated rings. The first kappa shape index (κ1) is 18.9. The van der Waals surface area contributed by atoms with Crippen molar-refractivity contribution in [2.24, 2.45) is 28.6 Å². The summed E-state index contributed by atoms with van der Waals surface area (Å²) in [7, 11) is 0. The Hall–Kier alpha value is -1.45. The fourth-order valence-electron chi connectivity index (χ4n) is 7.62. The lowest BCUT2D eigenvalue weighted by atomic mass is 9.46. The van der Waals surface area contributed by atoms with Gasteiger partial charge in [-0.2, -0.15) is 0 Å². The van der Waals surface area contributed by atoms with Gasteiger partial charge in [0.25, 0.3) is 0 Å². The van der Waals surface area contributed by atoms with Gasteiger partial charge in [0.15, 0.2) is 17.2 Å². The molecule has 27 heavy (non-hydrogen) atoms. The molecule has 4 heteroatoms. The number of fused-ring (bicyclic) bond motifs is 5. The van der Waals surface area contributed by atoms with Crippen molar-refractivity contribution in [2.75, 3.05) is 0 Å². The SMILES string of the molecule is CC(=O)O[C@@]1(C(C)=O)CC[C@@H]2[C@@H]3CCC4=CC(=O)CC[C@@]4(C)[C@@H]3CC[C@@]21C. The van der Waals surface area contributed by atoms with Crippen LogP contribution in [-0.2, 0) is 19.1 Å². The van der Waals surface area contributed by atoms with Gasteiger partial charge in [0.1, 0.15) is 0 Å². The van der Waals surface area contributed by atoms with E-state index in [4.69, 9.17) is 4.74 Å². The number of Topliss-reactive ketones (excluding diaryl/α,β-unsaturated/α-hetero) is 1. The first-order chi connectivity index (χ1) is 12.6. The molecule has 0 aromatic heterocycles. The number of esters is 1. The Kier molecular flexibility index (Phi) is 4.21. The van der Waals surface area contributed by atoms with Crippen LogP contribution in [0.15, 0.2) is 11.6 Å². The molecule has 0 heterocycles. The molecule has 0 radical (unpaired) electrons. The van der Waals surface area contributed by atoms with Crippen LogP contribution in [-0.4, -0.2) is 23.1 Å². The molecule has 0 aromatic rings. The number of hydrogen-bond donors (Lipinski definition) is 0. The van der Waals surface area contributed by atoms with E-state index in [1.165, 1.54) is 12.5 Å². The Morgan fingerprint density at radius 3 is 2.37 bits per heavy atom. The quantitative estimate of drug-likeness (QED) is 0.674. The fourth-order valence-corrected chi connectivity index (χ4v) is 7.62. The van der Waals surface area contributed by atoms with Crippen molar-refractivity contribution in [2.45, 2.75) is 84.7 Å². The molecule has 0 aliphatic heterocycles. The molecule has 148 valence electrons. The Balaban J connectivity index is 1.70. The molecule has 0 spiro atoms.